The number of guanidine groups is 1. The number of unbranched alkanes of at least 4 members (excludes halogenated alkanes) is 13. The fraction of sp³-hybridized carbons (Fsp3) is 0.882. The molecule has 0 amide bonds. The van der Waals surface area contributed by atoms with E-state index in [0.29, 0.717) is 12.4 Å². The Kier molecular flexibility index (Phi) is 28.1. The van der Waals surface area contributed by atoms with E-state index in [-0.39, 0.29) is 18.5 Å². The predicted octanol–water partition coefficient (Wildman–Crippen LogP) is 7.50. The molecule has 0 aromatic rings. The number of ether oxygens (including phenoxy) is 1. The first kappa shape index (κ1) is 40.7. The van der Waals surface area contributed by atoms with Crippen LogP contribution in [0.15, 0.2) is 4.99 Å². The van der Waals surface area contributed by atoms with Crippen LogP contribution in [-0.4, -0.2) is 79.2 Å². The van der Waals surface area contributed by atoms with Crippen molar-refractivity contribution >= 4 is 17.9 Å². The van der Waals surface area contributed by atoms with Crippen LogP contribution in [0.25, 0.3) is 0 Å². The smallest absolute Gasteiger partial charge is 0.306 e. The van der Waals surface area contributed by atoms with Crippen LogP contribution in [0, 0.1) is 11.5 Å². The van der Waals surface area contributed by atoms with E-state index in [9.17, 15) is 9.59 Å². The van der Waals surface area contributed by atoms with Crippen molar-refractivity contribution in [1.82, 2.24) is 15.1 Å². The lowest BCUT2D eigenvalue weighted by Gasteiger charge is -2.23. The highest BCUT2D eigenvalue weighted by atomic mass is 16.5. The Balaban J connectivity index is 4.24. The molecule has 0 heterocycles. The standard InChI is InChI=1S/C34H65N5O4/c1-5-7-8-9-12-17-23-31(6-2)43-33(42)25-19-14-11-16-21-28-39(27-20-15-10-13-18-24-32(40)41)29-22-26-36-34(37-30-35)38(3)4/h31H,5-29H2,1-4H3,(H,36,37)(H,40,41). The van der Waals surface area contributed by atoms with Crippen molar-refractivity contribution in [2.24, 2.45) is 4.99 Å². The fourth-order valence-electron chi connectivity index (χ4n) is 5.20. The summed E-state index contributed by atoms with van der Waals surface area (Å²) in [7, 11) is 3.74. The number of aliphatic carboxylic acids is 1. The molecule has 0 fully saturated rings. The molecule has 0 bridgehead atoms. The summed E-state index contributed by atoms with van der Waals surface area (Å²) in [6, 6.07) is 0. The Morgan fingerprint density at radius 2 is 1.33 bits per heavy atom. The largest absolute Gasteiger partial charge is 0.481 e. The summed E-state index contributed by atoms with van der Waals surface area (Å²) in [6.07, 6.45) is 23.7. The number of hydrogen-bond donors (Lipinski definition) is 2. The first-order chi connectivity index (χ1) is 20.8. The van der Waals surface area contributed by atoms with Gasteiger partial charge in [0.1, 0.15) is 6.10 Å². The van der Waals surface area contributed by atoms with Crippen molar-refractivity contribution in [3.8, 4) is 6.19 Å². The summed E-state index contributed by atoms with van der Waals surface area (Å²) in [6.45, 7) is 8.21. The summed E-state index contributed by atoms with van der Waals surface area (Å²) in [5, 5.41) is 20.9. The van der Waals surface area contributed by atoms with E-state index in [1.807, 2.05) is 25.2 Å². The third kappa shape index (κ3) is 27.0. The van der Waals surface area contributed by atoms with Crippen LogP contribution in [0.2, 0.25) is 0 Å². The van der Waals surface area contributed by atoms with Crippen LogP contribution >= 0.6 is 0 Å². The second kappa shape index (κ2) is 29.7. The summed E-state index contributed by atoms with van der Waals surface area (Å²) < 4.78 is 5.75. The monoisotopic (exact) mass is 608 g/mol. The van der Waals surface area contributed by atoms with Gasteiger partial charge in [-0.15, -0.1) is 4.99 Å². The second-order valence-corrected chi connectivity index (χ2v) is 12.1. The molecule has 1 atom stereocenters. The molecular weight excluding hydrogens is 542 g/mol. The molecule has 43 heavy (non-hydrogen) atoms. The van der Waals surface area contributed by atoms with Crippen LogP contribution < -0.4 is 5.32 Å². The Morgan fingerprint density at radius 3 is 1.88 bits per heavy atom. The molecule has 9 nitrogen and oxygen atoms in total. The summed E-state index contributed by atoms with van der Waals surface area (Å²) in [5.74, 6) is -0.152. The first-order valence-corrected chi connectivity index (χ1v) is 17.4. The highest BCUT2D eigenvalue weighted by molar-refractivity contribution is 5.80. The number of carbonyl (C=O) groups is 2. The quantitative estimate of drug-likeness (QED) is 0.0295. The third-order valence-corrected chi connectivity index (χ3v) is 7.87. The molecule has 1 unspecified atom stereocenters. The number of nitrogens with one attached hydrogen (secondary N) is 1. The zero-order chi connectivity index (χ0) is 32.0. The van der Waals surface area contributed by atoms with Gasteiger partial charge in [-0.2, -0.15) is 5.26 Å². The number of carboxylic acids is 1. The third-order valence-electron chi connectivity index (χ3n) is 7.87. The molecule has 0 aliphatic carbocycles. The zero-order valence-electron chi connectivity index (χ0n) is 28.2. The summed E-state index contributed by atoms with van der Waals surface area (Å²) in [4.78, 5) is 31.2. The fourth-order valence-corrected chi connectivity index (χ4v) is 5.20. The average molecular weight is 608 g/mol. The number of esters is 1. The van der Waals surface area contributed by atoms with Crippen molar-refractivity contribution in [3.05, 3.63) is 0 Å². The van der Waals surface area contributed by atoms with Crippen molar-refractivity contribution in [2.75, 3.05) is 40.3 Å². The molecule has 250 valence electrons. The zero-order valence-corrected chi connectivity index (χ0v) is 28.2. The van der Waals surface area contributed by atoms with Crippen LogP contribution in [0.1, 0.15) is 149 Å². The number of carbonyl (C=O) groups excluding carboxylic acids is 1. The van der Waals surface area contributed by atoms with Crippen LogP contribution in [0.5, 0.6) is 0 Å². The van der Waals surface area contributed by atoms with E-state index in [4.69, 9.17) is 15.1 Å². The van der Waals surface area contributed by atoms with Crippen LogP contribution in [-0.2, 0) is 14.3 Å². The molecule has 0 saturated carbocycles. The molecule has 0 spiro atoms. The lowest BCUT2D eigenvalue weighted by atomic mass is 10.1. The number of nitrogens with zero attached hydrogens (tertiary/aromatic N) is 4. The van der Waals surface area contributed by atoms with Gasteiger partial charge < -0.3 is 25.0 Å². The minimum atomic E-state index is -0.708. The lowest BCUT2D eigenvalue weighted by molar-refractivity contribution is -0.149. The maximum absolute atomic E-state index is 12.3. The molecule has 0 aliphatic heterocycles. The van der Waals surface area contributed by atoms with Crippen molar-refractivity contribution in [2.45, 2.75) is 155 Å². The van der Waals surface area contributed by atoms with Gasteiger partial charge in [0, 0.05) is 33.5 Å². The van der Waals surface area contributed by atoms with Gasteiger partial charge in [-0.25, -0.2) is 0 Å². The van der Waals surface area contributed by atoms with Gasteiger partial charge in [0.25, 0.3) is 0 Å². The van der Waals surface area contributed by atoms with Crippen LogP contribution in [0.4, 0.5) is 0 Å². The summed E-state index contributed by atoms with van der Waals surface area (Å²) >= 11 is 0. The molecule has 0 aliphatic rings. The summed E-state index contributed by atoms with van der Waals surface area (Å²) in [5.41, 5.74) is 0. The van der Waals surface area contributed by atoms with E-state index in [2.05, 4.69) is 29.1 Å². The molecular formula is C34H65N5O4. The maximum atomic E-state index is 12.3. The van der Waals surface area contributed by atoms with Crippen LogP contribution in [0.3, 0.4) is 0 Å². The minimum Gasteiger partial charge on any atom is -0.481 e. The Bertz CT molecular complexity index is 754. The molecule has 0 saturated heterocycles. The Labute approximate surface area is 263 Å². The Hall–Kier alpha value is -2.34. The van der Waals surface area contributed by atoms with Crippen molar-refractivity contribution in [1.29, 1.82) is 5.26 Å². The van der Waals surface area contributed by atoms with Gasteiger partial charge >= 0.3 is 11.9 Å². The van der Waals surface area contributed by atoms with E-state index >= 15 is 0 Å². The molecule has 9 heteroatoms. The number of rotatable bonds is 29. The van der Waals surface area contributed by atoms with Crippen molar-refractivity contribution in [3.63, 3.8) is 0 Å². The molecule has 0 aromatic carbocycles. The molecule has 2 N–H and O–H groups in total. The number of aliphatic imine (C=N–C) groups is 1. The van der Waals surface area contributed by atoms with Gasteiger partial charge in [-0.3, -0.25) is 9.59 Å². The lowest BCUT2D eigenvalue weighted by Crippen LogP contribution is -2.38. The average Bonchev–Trinajstić information content (AvgIpc) is 2.97. The predicted molar refractivity (Wildman–Crippen MR) is 177 cm³/mol. The van der Waals surface area contributed by atoms with Gasteiger partial charge in [0.2, 0.25) is 12.2 Å². The SMILES string of the molecule is CCCCCCCCC(CC)OC(=O)CCCCCCCN(CCCCCCCC(=O)O)CCCN/C(=N/C#N)N(C)C. The van der Waals surface area contributed by atoms with Gasteiger partial charge in [0.05, 0.1) is 0 Å². The molecule has 0 rings (SSSR count). The first-order valence-electron chi connectivity index (χ1n) is 17.4. The second-order valence-electron chi connectivity index (χ2n) is 12.1. The van der Waals surface area contributed by atoms with E-state index < -0.39 is 5.97 Å². The normalized spacial score (nSPS) is 12.2. The van der Waals surface area contributed by atoms with Gasteiger partial charge in [0.15, 0.2) is 0 Å². The van der Waals surface area contributed by atoms with E-state index in [1.54, 1.807) is 0 Å². The van der Waals surface area contributed by atoms with E-state index in [0.717, 1.165) is 116 Å². The molecule has 0 aromatic heterocycles. The van der Waals surface area contributed by atoms with Gasteiger partial charge in [-0.05, 0) is 71.0 Å². The van der Waals surface area contributed by atoms with E-state index in [1.165, 1.54) is 32.1 Å². The molecule has 0 radical (unpaired) electrons. The maximum Gasteiger partial charge on any atom is 0.306 e. The number of hydrogen-bond acceptors (Lipinski definition) is 6. The number of nitriles is 1. The van der Waals surface area contributed by atoms with Crippen molar-refractivity contribution < 1.29 is 19.4 Å². The highest BCUT2D eigenvalue weighted by Crippen LogP contribution is 2.15. The number of carboxylic acid groups (broad SMARTS) is 1. The van der Waals surface area contributed by atoms with Gasteiger partial charge in [-0.1, -0.05) is 84.5 Å². The highest BCUT2D eigenvalue weighted by Gasteiger charge is 2.12. The minimum absolute atomic E-state index is 0.0298. The topological polar surface area (TPSA) is 118 Å². The Morgan fingerprint density at radius 1 is 0.791 bits per heavy atom.